The van der Waals surface area contributed by atoms with E-state index in [-0.39, 0.29) is 6.42 Å². The maximum atomic E-state index is 10.6. The number of hydrogen-bond acceptors (Lipinski definition) is 5. The molecular formula is C11H18O5. The summed E-state index contributed by atoms with van der Waals surface area (Å²) in [4.78, 5) is 10.6. The molecule has 2 heterocycles. The Morgan fingerprint density at radius 1 is 1.31 bits per heavy atom. The first-order valence-corrected chi connectivity index (χ1v) is 5.59. The van der Waals surface area contributed by atoms with Gasteiger partial charge < -0.3 is 24.1 Å². The Labute approximate surface area is 94.7 Å². The van der Waals surface area contributed by atoms with Crippen LogP contribution in [0.1, 0.15) is 33.6 Å². The predicted octanol–water partition coefficient (Wildman–Crippen LogP) is 0.593. The Morgan fingerprint density at radius 3 is 2.50 bits per heavy atom. The highest BCUT2D eigenvalue weighted by Gasteiger charge is 2.60. The number of aldehydes is 1. The van der Waals surface area contributed by atoms with Crippen LogP contribution in [0.2, 0.25) is 0 Å². The van der Waals surface area contributed by atoms with E-state index in [4.69, 9.17) is 14.2 Å². The molecule has 1 unspecified atom stereocenters. The van der Waals surface area contributed by atoms with E-state index in [1.165, 1.54) is 0 Å². The van der Waals surface area contributed by atoms with Crippen molar-refractivity contribution in [3.05, 3.63) is 0 Å². The summed E-state index contributed by atoms with van der Waals surface area (Å²) in [5, 5.41) is 10.2. The second-order valence-electron chi connectivity index (χ2n) is 4.82. The number of aliphatic hydroxyl groups excluding tert-OH is 1. The molecule has 2 rings (SSSR count). The molecule has 2 fully saturated rings. The third kappa shape index (κ3) is 1.68. The van der Waals surface area contributed by atoms with E-state index in [1.807, 2.05) is 6.92 Å². The van der Waals surface area contributed by atoms with Gasteiger partial charge >= 0.3 is 0 Å². The van der Waals surface area contributed by atoms with Crippen LogP contribution in [-0.4, -0.2) is 41.3 Å². The molecule has 2 aliphatic heterocycles. The number of rotatable bonds is 3. The smallest absolute Gasteiger partial charge is 0.190 e. The Balaban J connectivity index is 2.17. The fraction of sp³-hybridized carbons (Fsp3) is 0.909. The van der Waals surface area contributed by atoms with Crippen LogP contribution in [0.25, 0.3) is 0 Å². The van der Waals surface area contributed by atoms with Gasteiger partial charge in [0.15, 0.2) is 12.1 Å². The van der Waals surface area contributed by atoms with Crippen molar-refractivity contribution < 1.29 is 24.1 Å². The molecule has 0 aliphatic carbocycles. The van der Waals surface area contributed by atoms with Crippen LogP contribution >= 0.6 is 0 Å². The molecule has 0 aromatic heterocycles. The standard InChI is InChI=1S/C11H18O5/c1-4-11(5-6-12)8(13)7-9(16-11)15-10(2,3)14-7/h6-9,13H,4-5H2,1-3H3/t7-,8?,9+,11-/m0/s1. The van der Waals surface area contributed by atoms with Gasteiger partial charge in [-0.3, -0.25) is 0 Å². The summed E-state index contributed by atoms with van der Waals surface area (Å²) in [6.45, 7) is 5.42. The van der Waals surface area contributed by atoms with E-state index in [0.29, 0.717) is 6.42 Å². The zero-order chi connectivity index (χ0) is 12.0. The maximum Gasteiger partial charge on any atom is 0.190 e. The number of carbonyl (C=O) groups excluding carboxylic acids is 1. The van der Waals surface area contributed by atoms with Gasteiger partial charge in [0.1, 0.15) is 24.1 Å². The Bertz CT molecular complexity index is 290. The number of fused-ring (bicyclic) bond motifs is 1. The summed E-state index contributed by atoms with van der Waals surface area (Å²) in [7, 11) is 0. The van der Waals surface area contributed by atoms with E-state index >= 15 is 0 Å². The average molecular weight is 230 g/mol. The van der Waals surface area contributed by atoms with Crippen molar-refractivity contribution in [3.63, 3.8) is 0 Å². The van der Waals surface area contributed by atoms with Crippen molar-refractivity contribution in [1.82, 2.24) is 0 Å². The molecule has 0 bridgehead atoms. The maximum absolute atomic E-state index is 10.6. The first kappa shape index (κ1) is 12.0. The van der Waals surface area contributed by atoms with Gasteiger partial charge in [0.2, 0.25) is 0 Å². The van der Waals surface area contributed by atoms with Gasteiger partial charge in [-0.05, 0) is 20.3 Å². The van der Waals surface area contributed by atoms with Gasteiger partial charge in [-0.2, -0.15) is 0 Å². The van der Waals surface area contributed by atoms with Crippen molar-refractivity contribution in [2.24, 2.45) is 0 Å². The minimum absolute atomic E-state index is 0.158. The normalized spacial score (nSPS) is 45.6. The fourth-order valence-corrected chi connectivity index (χ4v) is 2.41. The van der Waals surface area contributed by atoms with E-state index < -0.39 is 29.9 Å². The van der Waals surface area contributed by atoms with E-state index in [0.717, 1.165) is 6.29 Å². The first-order valence-electron chi connectivity index (χ1n) is 5.59. The molecule has 0 spiro atoms. The summed E-state index contributed by atoms with van der Waals surface area (Å²) in [6, 6.07) is 0. The van der Waals surface area contributed by atoms with Gasteiger partial charge in [0.25, 0.3) is 0 Å². The molecule has 0 saturated carbocycles. The third-order valence-corrected chi connectivity index (χ3v) is 3.32. The molecule has 5 heteroatoms. The van der Waals surface area contributed by atoms with Crippen molar-refractivity contribution in [1.29, 1.82) is 0 Å². The highest BCUT2D eigenvalue weighted by Crippen LogP contribution is 2.44. The van der Waals surface area contributed by atoms with Crippen LogP contribution in [0.5, 0.6) is 0 Å². The largest absolute Gasteiger partial charge is 0.387 e. The van der Waals surface area contributed by atoms with Crippen LogP contribution in [0.4, 0.5) is 0 Å². The summed E-state index contributed by atoms with van der Waals surface area (Å²) < 4.78 is 16.8. The van der Waals surface area contributed by atoms with Crippen LogP contribution in [-0.2, 0) is 19.0 Å². The van der Waals surface area contributed by atoms with Gasteiger partial charge in [-0.25, -0.2) is 0 Å². The van der Waals surface area contributed by atoms with Crippen LogP contribution in [0.15, 0.2) is 0 Å². The first-order chi connectivity index (χ1) is 7.44. The minimum Gasteiger partial charge on any atom is -0.387 e. The molecule has 16 heavy (non-hydrogen) atoms. The minimum atomic E-state index is -0.854. The highest BCUT2D eigenvalue weighted by molar-refractivity contribution is 5.52. The van der Waals surface area contributed by atoms with Crippen LogP contribution in [0, 0.1) is 0 Å². The van der Waals surface area contributed by atoms with E-state index in [1.54, 1.807) is 13.8 Å². The Kier molecular flexibility index (Phi) is 2.82. The summed E-state index contributed by atoms with van der Waals surface area (Å²) in [5.41, 5.74) is -0.854. The van der Waals surface area contributed by atoms with Gasteiger partial charge in [-0.1, -0.05) is 6.92 Å². The number of hydrogen-bond donors (Lipinski definition) is 1. The number of carbonyl (C=O) groups is 1. The number of ether oxygens (including phenoxy) is 3. The second-order valence-corrected chi connectivity index (χ2v) is 4.82. The van der Waals surface area contributed by atoms with Crippen molar-refractivity contribution in [2.75, 3.05) is 0 Å². The second kappa shape index (κ2) is 3.77. The Morgan fingerprint density at radius 2 is 2.00 bits per heavy atom. The molecule has 5 nitrogen and oxygen atoms in total. The molecule has 0 aromatic carbocycles. The van der Waals surface area contributed by atoms with Crippen LogP contribution in [0.3, 0.4) is 0 Å². The van der Waals surface area contributed by atoms with Gasteiger partial charge in [-0.15, -0.1) is 0 Å². The van der Waals surface area contributed by atoms with Gasteiger partial charge in [0, 0.05) is 6.42 Å². The number of aliphatic hydroxyl groups is 1. The summed E-state index contributed by atoms with van der Waals surface area (Å²) in [5.74, 6) is -0.739. The lowest BCUT2D eigenvalue weighted by molar-refractivity contribution is -0.239. The van der Waals surface area contributed by atoms with Crippen molar-refractivity contribution in [2.45, 2.75) is 63.5 Å². The fourth-order valence-electron chi connectivity index (χ4n) is 2.41. The lowest BCUT2D eigenvalue weighted by Gasteiger charge is -2.32. The molecule has 0 aromatic rings. The van der Waals surface area contributed by atoms with E-state index in [2.05, 4.69) is 0 Å². The summed E-state index contributed by atoms with van der Waals surface area (Å²) in [6.07, 6.45) is -0.439. The lowest BCUT2D eigenvalue weighted by atomic mass is 9.90. The monoisotopic (exact) mass is 230 g/mol. The predicted molar refractivity (Wildman–Crippen MR) is 54.6 cm³/mol. The average Bonchev–Trinajstić information content (AvgIpc) is 2.62. The quantitative estimate of drug-likeness (QED) is 0.719. The molecule has 92 valence electrons. The summed E-state index contributed by atoms with van der Waals surface area (Å²) >= 11 is 0. The molecule has 2 aliphatic rings. The topological polar surface area (TPSA) is 65.0 Å². The molecular weight excluding hydrogens is 212 g/mol. The zero-order valence-electron chi connectivity index (χ0n) is 9.80. The van der Waals surface area contributed by atoms with Gasteiger partial charge in [0.05, 0.1) is 0 Å². The molecule has 1 N–H and O–H groups in total. The van der Waals surface area contributed by atoms with Crippen molar-refractivity contribution >= 4 is 6.29 Å². The molecule has 4 atom stereocenters. The van der Waals surface area contributed by atoms with Crippen molar-refractivity contribution in [3.8, 4) is 0 Å². The molecule has 2 saturated heterocycles. The lowest BCUT2D eigenvalue weighted by Crippen LogP contribution is -2.45. The zero-order valence-corrected chi connectivity index (χ0v) is 9.80. The molecule has 0 amide bonds. The SMILES string of the molecule is CC[C@@]1(CC=O)O[C@H]2OC(C)(C)O[C@H]2C1O. The third-order valence-electron chi connectivity index (χ3n) is 3.32. The Hall–Kier alpha value is -0.490. The van der Waals surface area contributed by atoms with Crippen LogP contribution < -0.4 is 0 Å². The molecule has 0 radical (unpaired) electrons. The highest BCUT2D eigenvalue weighted by atomic mass is 16.8. The van der Waals surface area contributed by atoms with E-state index in [9.17, 15) is 9.90 Å².